The highest BCUT2D eigenvalue weighted by atomic mass is 16.5. The molecule has 1 N–H and O–H groups in total. The maximum Gasteiger partial charge on any atom is 0.344 e. The minimum Gasteiger partial charge on any atom is -0.462 e. The molecule has 1 fully saturated rings. The molecule has 0 atom stereocenters. The Bertz CT molecular complexity index is 744. The van der Waals surface area contributed by atoms with E-state index < -0.39 is 24.5 Å². The first-order valence-electron chi connectivity index (χ1n) is 9.60. The molecule has 1 saturated carbocycles. The van der Waals surface area contributed by atoms with Crippen molar-refractivity contribution in [1.82, 2.24) is 0 Å². The molecule has 8 nitrogen and oxygen atoms in total. The van der Waals surface area contributed by atoms with E-state index in [1.54, 1.807) is 6.92 Å². The van der Waals surface area contributed by atoms with Gasteiger partial charge in [0.15, 0.2) is 12.4 Å². The summed E-state index contributed by atoms with van der Waals surface area (Å²) in [6.45, 7) is 4.03. The van der Waals surface area contributed by atoms with Crippen molar-refractivity contribution in [2.75, 3.05) is 18.5 Å². The number of amides is 1. The van der Waals surface area contributed by atoms with Gasteiger partial charge < -0.3 is 13.9 Å². The fourth-order valence-electron chi connectivity index (χ4n) is 3.46. The number of esters is 2. The Morgan fingerprint density at radius 2 is 1.79 bits per heavy atom. The molecule has 2 rings (SSSR count). The van der Waals surface area contributed by atoms with Crippen LogP contribution in [0, 0.1) is 12.8 Å². The third-order valence-corrected chi connectivity index (χ3v) is 4.76. The summed E-state index contributed by atoms with van der Waals surface area (Å²) < 4.78 is 15.3. The lowest BCUT2D eigenvalue weighted by Gasteiger charge is -2.09. The van der Waals surface area contributed by atoms with E-state index in [-0.39, 0.29) is 41.6 Å². The monoisotopic (exact) mass is 393 g/mol. The molecular weight excluding hydrogens is 366 g/mol. The summed E-state index contributed by atoms with van der Waals surface area (Å²) in [6.07, 6.45) is 5.74. The fraction of sp³-hybridized carbons (Fsp3) is 0.600. The average molecular weight is 393 g/mol. The van der Waals surface area contributed by atoms with Gasteiger partial charge in [0.1, 0.15) is 11.3 Å². The first kappa shape index (κ1) is 21.7. The fourth-order valence-corrected chi connectivity index (χ4v) is 3.46. The first-order chi connectivity index (χ1) is 13.3. The number of hydrogen-bond donors (Lipinski definition) is 1. The van der Waals surface area contributed by atoms with E-state index in [4.69, 9.17) is 13.9 Å². The average Bonchev–Trinajstić information content (AvgIpc) is 3.25. The van der Waals surface area contributed by atoms with Crippen LogP contribution in [0.4, 0.5) is 5.88 Å². The van der Waals surface area contributed by atoms with Crippen molar-refractivity contribution in [1.29, 1.82) is 0 Å². The van der Waals surface area contributed by atoms with E-state index in [1.807, 2.05) is 0 Å². The van der Waals surface area contributed by atoms with Gasteiger partial charge in [-0.2, -0.15) is 0 Å². The molecule has 154 valence electrons. The molecule has 1 aliphatic carbocycles. The van der Waals surface area contributed by atoms with E-state index in [0.717, 1.165) is 19.3 Å². The Hall–Kier alpha value is -2.64. The number of furan rings is 1. The normalized spacial score (nSPS) is 14.0. The lowest BCUT2D eigenvalue weighted by Crippen LogP contribution is -2.22. The highest BCUT2D eigenvalue weighted by Crippen LogP contribution is 2.29. The standard InChI is InChI=1S/C20H27NO7/c1-4-26-20(25)18-17(12(2)22)13(3)28-19(18)21-15(23)11-27-16(24)10-9-14-7-5-6-8-14/h14H,4-11H2,1-3H3,(H,21,23). The number of hydrogen-bond acceptors (Lipinski definition) is 7. The Labute approximate surface area is 163 Å². The predicted octanol–water partition coefficient (Wildman–Crippen LogP) is 3.42. The van der Waals surface area contributed by atoms with Gasteiger partial charge in [0.25, 0.3) is 5.91 Å². The van der Waals surface area contributed by atoms with Crippen molar-refractivity contribution >= 4 is 29.5 Å². The topological polar surface area (TPSA) is 112 Å². The molecule has 1 aromatic heterocycles. The lowest BCUT2D eigenvalue weighted by molar-refractivity contribution is -0.147. The Kier molecular flexibility index (Phi) is 7.78. The summed E-state index contributed by atoms with van der Waals surface area (Å²) in [5, 5.41) is 2.38. The number of carbonyl (C=O) groups excluding carboxylic acids is 4. The molecule has 28 heavy (non-hydrogen) atoms. The Morgan fingerprint density at radius 1 is 1.11 bits per heavy atom. The highest BCUT2D eigenvalue weighted by molar-refractivity contribution is 6.10. The molecule has 0 spiro atoms. The molecule has 0 unspecified atom stereocenters. The number of ether oxygens (including phenoxy) is 2. The summed E-state index contributed by atoms with van der Waals surface area (Å²) in [5.41, 5.74) is -0.0740. The van der Waals surface area contributed by atoms with Crippen molar-refractivity contribution in [2.24, 2.45) is 5.92 Å². The van der Waals surface area contributed by atoms with Gasteiger partial charge in [0.2, 0.25) is 5.88 Å². The summed E-state index contributed by atoms with van der Waals surface area (Å²) in [7, 11) is 0. The van der Waals surface area contributed by atoms with E-state index in [1.165, 1.54) is 26.7 Å². The third-order valence-electron chi connectivity index (χ3n) is 4.76. The van der Waals surface area contributed by atoms with Crippen LogP contribution in [0.5, 0.6) is 0 Å². The smallest absolute Gasteiger partial charge is 0.344 e. The van der Waals surface area contributed by atoms with Gasteiger partial charge >= 0.3 is 11.9 Å². The second-order valence-electron chi connectivity index (χ2n) is 6.91. The maximum absolute atomic E-state index is 12.2. The third kappa shape index (κ3) is 5.68. The van der Waals surface area contributed by atoms with Crippen LogP contribution in [0.15, 0.2) is 4.42 Å². The largest absolute Gasteiger partial charge is 0.462 e. The van der Waals surface area contributed by atoms with Crippen LogP contribution in [0.25, 0.3) is 0 Å². The van der Waals surface area contributed by atoms with Crippen LogP contribution in [-0.4, -0.2) is 36.8 Å². The molecule has 1 heterocycles. The number of ketones is 1. The molecule has 0 saturated heterocycles. The van der Waals surface area contributed by atoms with E-state index in [2.05, 4.69) is 5.32 Å². The van der Waals surface area contributed by atoms with Gasteiger partial charge in [-0.25, -0.2) is 4.79 Å². The Morgan fingerprint density at radius 3 is 2.39 bits per heavy atom. The van der Waals surface area contributed by atoms with Crippen LogP contribution in [0.3, 0.4) is 0 Å². The molecule has 1 amide bonds. The molecule has 1 aliphatic rings. The van der Waals surface area contributed by atoms with Gasteiger partial charge in [0, 0.05) is 6.42 Å². The van der Waals surface area contributed by atoms with Gasteiger partial charge in [-0.1, -0.05) is 25.7 Å². The Balaban J connectivity index is 1.95. The molecule has 1 aromatic rings. The zero-order valence-electron chi connectivity index (χ0n) is 16.6. The lowest BCUT2D eigenvalue weighted by atomic mass is 10.0. The van der Waals surface area contributed by atoms with Crippen LogP contribution < -0.4 is 5.32 Å². The van der Waals surface area contributed by atoms with Crippen molar-refractivity contribution in [3.05, 3.63) is 16.9 Å². The first-order valence-corrected chi connectivity index (χ1v) is 9.60. The molecule has 0 aliphatic heterocycles. The zero-order valence-corrected chi connectivity index (χ0v) is 16.6. The number of rotatable bonds is 9. The molecule has 0 aromatic carbocycles. The number of Topliss-reactive ketones (excluding diaryl/α,β-unsaturated/α-hetero) is 1. The number of carbonyl (C=O) groups is 4. The van der Waals surface area contributed by atoms with E-state index in [9.17, 15) is 19.2 Å². The van der Waals surface area contributed by atoms with Crippen LogP contribution in [0.2, 0.25) is 0 Å². The number of anilines is 1. The van der Waals surface area contributed by atoms with Gasteiger partial charge in [-0.05, 0) is 33.1 Å². The zero-order chi connectivity index (χ0) is 20.7. The molecule has 8 heteroatoms. The molecule has 0 radical (unpaired) electrons. The minimum atomic E-state index is -0.770. The summed E-state index contributed by atoms with van der Waals surface area (Å²) in [5.74, 6) is -1.69. The maximum atomic E-state index is 12.2. The number of aryl methyl sites for hydroxylation is 1. The molecule has 0 bridgehead atoms. The quantitative estimate of drug-likeness (QED) is 0.505. The van der Waals surface area contributed by atoms with Crippen molar-refractivity contribution in [3.63, 3.8) is 0 Å². The number of nitrogens with one attached hydrogen (secondary N) is 1. The van der Waals surface area contributed by atoms with Crippen LogP contribution >= 0.6 is 0 Å². The van der Waals surface area contributed by atoms with Crippen molar-refractivity contribution in [2.45, 2.75) is 59.3 Å². The highest BCUT2D eigenvalue weighted by Gasteiger charge is 2.29. The predicted molar refractivity (Wildman–Crippen MR) is 100 cm³/mol. The van der Waals surface area contributed by atoms with E-state index in [0.29, 0.717) is 5.92 Å². The second kappa shape index (κ2) is 10.1. The van der Waals surface area contributed by atoms with Crippen LogP contribution in [0.1, 0.15) is 78.8 Å². The summed E-state index contributed by atoms with van der Waals surface area (Å²) in [6, 6.07) is 0. The van der Waals surface area contributed by atoms with Crippen molar-refractivity contribution < 1.29 is 33.1 Å². The van der Waals surface area contributed by atoms with Gasteiger partial charge in [-0.3, -0.25) is 19.7 Å². The van der Waals surface area contributed by atoms with Gasteiger partial charge in [0.05, 0.1) is 12.2 Å². The van der Waals surface area contributed by atoms with Crippen molar-refractivity contribution in [3.8, 4) is 0 Å². The molecular formula is C20H27NO7. The van der Waals surface area contributed by atoms with Gasteiger partial charge in [-0.15, -0.1) is 0 Å². The minimum absolute atomic E-state index is 0.0577. The summed E-state index contributed by atoms with van der Waals surface area (Å²) in [4.78, 5) is 48.0. The van der Waals surface area contributed by atoms with Crippen LogP contribution in [-0.2, 0) is 19.1 Å². The second-order valence-corrected chi connectivity index (χ2v) is 6.91. The van der Waals surface area contributed by atoms with E-state index >= 15 is 0 Å². The SMILES string of the molecule is CCOC(=O)c1c(NC(=O)COC(=O)CCC2CCCC2)oc(C)c1C(C)=O. The summed E-state index contributed by atoms with van der Waals surface area (Å²) >= 11 is 0.